The number of phenols is 1. The topological polar surface area (TPSA) is 72.5 Å². The van der Waals surface area contributed by atoms with Crippen LogP contribution in [-0.2, 0) is 5.75 Å². The van der Waals surface area contributed by atoms with E-state index in [2.05, 4.69) is 15.3 Å². The Labute approximate surface area is 154 Å². The molecule has 0 saturated carbocycles. The highest BCUT2D eigenvalue weighted by molar-refractivity contribution is 7.98. The van der Waals surface area contributed by atoms with Gasteiger partial charge in [0.25, 0.3) is 0 Å². The summed E-state index contributed by atoms with van der Waals surface area (Å²) in [4.78, 5) is 0. The minimum Gasteiger partial charge on any atom is -0.504 e. The van der Waals surface area contributed by atoms with Crippen molar-refractivity contribution in [1.82, 2.24) is 14.9 Å². The Morgan fingerprint density at radius 3 is 2.92 bits per heavy atom. The molecule has 0 fully saturated rings. The van der Waals surface area contributed by atoms with Gasteiger partial charge in [0.2, 0.25) is 5.16 Å². The average molecular weight is 375 g/mol. The van der Waals surface area contributed by atoms with Gasteiger partial charge in [-0.2, -0.15) is 9.78 Å². The monoisotopic (exact) mass is 374 g/mol. The van der Waals surface area contributed by atoms with E-state index in [4.69, 9.17) is 16.3 Å². The lowest BCUT2D eigenvalue weighted by Gasteiger charge is -2.04. The zero-order valence-electron chi connectivity index (χ0n) is 13.3. The lowest BCUT2D eigenvalue weighted by atomic mass is 10.2. The summed E-state index contributed by atoms with van der Waals surface area (Å²) in [7, 11) is 1.50. The van der Waals surface area contributed by atoms with Crippen LogP contribution in [0, 0.1) is 0 Å². The number of rotatable bonds is 6. The van der Waals surface area contributed by atoms with E-state index < -0.39 is 0 Å². The highest BCUT2D eigenvalue weighted by Gasteiger charge is 2.07. The molecule has 0 bridgehead atoms. The Balaban J connectivity index is 1.71. The minimum absolute atomic E-state index is 0.0588. The van der Waals surface area contributed by atoms with E-state index in [1.807, 2.05) is 24.3 Å². The number of aromatic nitrogens is 3. The van der Waals surface area contributed by atoms with Gasteiger partial charge in [0, 0.05) is 10.8 Å². The Kier molecular flexibility index (Phi) is 5.57. The summed E-state index contributed by atoms with van der Waals surface area (Å²) in [6, 6.07) is 12.7. The SMILES string of the molecule is COc1ccc(C=Nn2cnnc2SCc2ccccc2Cl)cc1O. The van der Waals surface area contributed by atoms with Crippen molar-refractivity contribution in [1.29, 1.82) is 0 Å². The molecule has 2 aromatic carbocycles. The summed E-state index contributed by atoms with van der Waals surface area (Å²) in [6.07, 6.45) is 3.14. The van der Waals surface area contributed by atoms with Gasteiger partial charge in [-0.3, -0.25) is 0 Å². The smallest absolute Gasteiger partial charge is 0.212 e. The number of benzene rings is 2. The molecule has 8 heteroatoms. The molecule has 0 atom stereocenters. The number of hydrogen-bond acceptors (Lipinski definition) is 6. The minimum atomic E-state index is 0.0588. The van der Waals surface area contributed by atoms with Crippen LogP contribution >= 0.6 is 23.4 Å². The summed E-state index contributed by atoms with van der Waals surface area (Å²) >= 11 is 7.65. The zero-order chi connectivity index (χ0) is 17.6. The summed E-state index contributed by atoms with van der Waals surface area (Å²) in [5, 5.41) is 23.5. The molecule has 1 N–H and O–H groups in total. The molecule has 0 aliphatic carbocycles. The standard InChI is InChI=1S/C17H15ClN4O2S/c1-24-16-7-6-12(8-15(16)23)9-20-22-11-19-21-17(22)25-10-13-4-2-3-5-14(13)18/h2-9,11,23H,10H2,1H3. The van der Waals surface area contributed by atoms with E-state index in [9.17, 15) is 5.11 Å². The van der Waals surface area contributed by atoms with Gasteiger partial charge in [-0.05, 0) is 35.4 Å². The molecule has 1 aromatic heterocycles. The maximum absolute atomic E-state index is 9.80. The molecule has 0 unspecified atom stereocenters. The number of thioether (sulfide) groups is 1. The van der Waals surface area contributed by atoms with Crippen LogP contribution in [0.15, 0.2) is 59.0 Å². The van der Waals surface area contributed by atoms with Crippen LogP contribution in [0.3, 0.4) is 0 Å². The van der Waals surface area contributed by atoms with Gasteiger partial charge in [0.1, 0.15) is 6.33 Å². The third-order valence-corrected chi connectivity index (χ3v) is 4.70. The Bertz CT molecular complexity index is 898. The predicted octanol–water partition coefficient (Wildman–Crippen LogP) is 3.82. The third-order valence-electron chi connectivity index (χ3n) is 3.35. The quantitative estimate of drug-likeness (QED) is 0.524. The molecule has 0 spiro atoms. The first-order valence-electron chi connectivity index (χ1n) is 7.35. The zero-order valence-corrected chi connectivity index (χ0v) is 14.9. The Hall–Kier alpha value is -2.51. The van der Waals surface area contributed by atoms with Gasteiger partial charge < -0.3 is 9.84 Å². The molecule has 3 aromatic rings. The lowest BCUT2D eigenvalue weighted by molar-refractivity contribution is 0.373. The number of phenolic OH excluding ortho intramolecular Hbond substituents is 1. The van der Waals surface area contributed by atoms with Crippen LogP contribution in [0.4, 0.5) is 0 Å². The van der Waals surface area contributed by atoms with Crippen LogP contribution < -0.4 is 4.74 Å². The molecular formula is C17H15ClN4O2S. The highest BCUT2D eigenvalue weighted by atomic mass is 35.5. The summed E-state index contributed by atoms with van der Waals surface area (Å²) in [6.45, 7) is 0. The van der Waals surface area contributed by atoms with Crippen molar-refractivity contribution in [3.63, 3.8) is 0 Å². The van der Waals surface area contributed by atoms with Crippen molar-refractivity contribution >= 4 is 29.6 Å². The molecule has 0 radical (unpaired) electrons. The fourth-order valence-corrected chi connectivity index (χ4v) is 3.22. The maximum Gasteiger partial charge on any atom is 0.212 e. The van der Waals surface area contributed by atoms with E-state index in [1.165, 1.54) is 25.2 Å². The van der Waals surface area contributed by atoms with Crippen molar-refractivity contribution < 1.29 is 9.84 Å². The van der Waals surface area contributed by atoms with Crippen LogP contribution in [0.25, 0.3) is 0 Å². The summed E-state index contributed by atoms with van der Waals surface area (Å²) in [5.41, 5.74) is 1.75. The van der Waals surface area contributed by atoms with Crippen LogP contribution in [0.5, 0.6) is 11.5 Å². The normalized spacial score (nSPS) is 11.1. The van der Waals surface area contributed by atoms with Gasteiger partial charge in [0.05, 0.1) is 13.3 Å². The van der Waals surface area contributed by atoms with E-state index in [0.29, 0.717) is 16.7 Å². The fraction of sp³-hybridized carbons (Fsp3) is 0.118. The van der Waals surface area contributed by atoms with Gasteiger partial charge in [-0.1, -0.05) is 41.6 Å². The van der Waals surface area contributed by atoms with E-state index >= 15 is 0 Å². The van der Waals surface area contributed by atoms with Crippen LogP contribution in [-0.4, -0.2) is 33.3 Å². The summed E-state index contributed by atoms with van der Waals surface area (Å²) in [5.74, 6) is 1.14. The van der Waals surface area contributed by atoms with E-state index in [-0.39, 0.29) is 5.75 Å². The lowest BCUT2D eigenvalue weighted by Crippen LogP contribution is -1.93. The van der Waals surface area contributed by atoms with Crippen LogP contribution in [0.1, 0.15) is 11.1 Å². The molecule has 3 rings (SSSR count). The van der Waals surface area contributed by atoms with E-state index in [0.717, 1.165) is 16.1 Å². The molecule has 0 saturated heterocycles. The molecule has 6 nitrogen and oxygen atoms in total. The third kappa shape index (κ3) is 4.32. The second kappa shape index (κ2) is 8.04. The number of hydrogen-bond donors (Lipinski definition) is 1. The molecule has 128 valence electrons. The van der Waals surface area contributed by atoms with Crippen molar-refractivity contribution in [2.75, 3.05) is 7.11 Å². The first-order chi connectivity index (χ1) is 12.2. The highest BCUT2D eigenvalue weighted by Crippen LogP contribution is 2.26. The first kappa shape index (κ1) is 17.3. The average Bonchev–Trinajstić information content (AvgIpc) is 3.07. The molecule has 0 aliphatic rings. The van der Waals surface area contributed by atoms with Gasteiger partial charge in [0.15, 0.2) is 11.5 Å². The predicted molar refractivity (Wildman–Crippen MR) is 98.7 cm³/mol. The molecule has 0 amide bonds. The first-order valence-corrected chi connectivity index (χ1v) is 8.71. The number of methoxy groups -OCH3 is 1. The van der Waals surface area contributed by atoms with Crippen molar-refractivity contribution in [2.45, 2.75) is 10.9 Å². The van der Waals surface area contributed by atoms with Crippen molar-refractivity contribution in [2.24, 2.45) is 5.10 Å². The maximum atomic E-state index is 9.80. The van der Waals surface area contributed by atoms with Gasteiger partial charge >= 0.3 is 0 Å². The van der Waals surface area contributed by atoms with Gasteiger partial charge in [-0.15, -0.1) is 10.2 Å². The molecule has 0 aliphatic heterocycles. The molecule has 1 heterocycles. The molecule has 25 heavy (non-hydrogen) atoms. The number of nitrogens with zero attached hydrogens (tertiary/aromatic N) is 4. The van der Waals surface area contributed by atoms with Crippen molar-refractivity contribution in [3.8, 4) is 11.5 Å². The fourth-order valence-electron chi connectivity index (χ4n) is 2.07. The number of ether oxygens (including phenoxy) is 1. The number of halogens is 1. The second-order valence-corrected chi connectivity index (χ2v) is 6.36. The van der Waals surface area contributed by atoms with Gasteiger partial charge in [-0.25, -0.2) is 0 Å². The Morgan fingerprint density at radius 2 is 2.16 bits per heavy atom. The van der Waals surface area contributed by atoms with Crippen molar-refractivity contribution in [3.05, 3.63) is 64.9 Å². The number of aromatic hydroxyl groups is 1. The largest absolute Gasteiger partial charge is 0.504 e. The Morgan fingerprint density at radius 1 is 1.32 bits per heavy atom. The molecular weight excluding hydrogens is 360 g/mol. The van der Waals surface area contributed by atoms with Crippen LogP contribution in [0.2, 0.25) is 5.02 Å². The summed E-state index contributed by atoms with van der Waals surface area (Å²) < 4.78 is 6.59. The second-order valence-electron chi connectivity index (χ2n) is 5.01. The van der Waals surface area contributed by atoms with E-state index in [1.54, 1.807) is 29.1 Å².